The predicted molar refractivity (Wildman–Crippen MR) is 88.9 cm³/mol. The average molecular weight is 319 g/mol. The molecule has 0 amide bonds. The third-order valence-corrected chi connectivity index (χ3v) is 3.35. The van der Waals surface area contributed by atoms with E-state index in [9.17, 15) is 0 Å². The molecule has 0 saturated carbocycles. The lowest BCUT2D eigenvalue weighted by atomic mass is 10.2. The van der Waals surface area contributed by atoms with Crippen LogP contribution >= 0.6 is 0 Å². The molecule has 0 unspecified atom stereocenters. The van der Waals surface area contributed by atoms with Crippen LogP contribution in [0.4, 0.5) is 11.4 Å². The first kappa shape index (κ1) is 16.6. The Morgan fingerprint density at radius 3 is 1.70 bits per heavy atom. The maximum atomic E-state index is 5.42. The molecule has 2 aromatic carbocycles. The number of nitrogens with one attached hydrogen (secondary N) is 1. The van der Waals surface area contributed by atoms with Crippen molar-refractivity contribution in [1.82, 2.24) is 0 Å². The minimum atomic E-state index is 0.540. The molecule has 0 bridgehead atoms. The Morgan fingerprint density at radius 2 is 1.22 bits per heavy atom. The molecule has 124 valence electrons. The second-order valence-corrected chi connectivity index (χ2v) is 4.58. The number of ether oxygens (including phenoxy) is 5. The van der Waals surface area contributed by atoms with Gasteiger partial charge < -0.3 is 29.0 Å². The van der Waals surface area contributed by atoms with Crippen LogP contribution in [-0.4, -0.2) is 35.5 Å². The van der Waals surface area contributed by atoms with Gasteiger partial charge in [-0.25, -0.2) is 0 Å². The van der Waals surface area contributed by atoms with Crippen molar-refractivity contribution in [2.24, 2.45) is 0 Å². The zero-order valence-electron chi connectivity index (χ0n) is 13.9. The third-order valence-electron chi connectivity index (χ3n) is 3.35. The standard InChI is InChI=1S/C17H21NO5/c1-19-13-8-6-7-12(16(13)22-4)18-11-9-14(20-2)17(23-5)15(10-11)21-3/h6-10,18H,1-5H3. The molecule has 6 nitrogen and oxygen atoms in total. The van der Waals surface area contributed by atoms with Gasteiger partial charge in [0.25, 0.3) is 0 Å². The number of hydrogen-bond donors (Lipinski definition) is 1. The van der Waals surface area contributed by atoms with Gasteiger partial charge in [-0.1, -0.05) is 6.07 Å². The first-order chi connectivity index (χ1) is 11.2. The van der Waals surface area contributed by atoms with E-state index in [4.69, 9.17) is 23.7 Å². The number of para-hydroxylation sites is 1. The average Bonchev–Trinajstić information content (AvgIpc) is 2.60. The van der Waals surface area contributed by atoms with Crippen LogP contribution in [0.3, 0.4) is 0 Å². The van der Waals surface area contributed by atoms with Gasteiger partial charge in [0.05, 0.1) is 41.2 Å². The van der Waals surface area contributed by atoms with Gasteiger partial charge in [0.2, 0.25) is 5.75 Å². The van der Waals surface area contributed by atoms with Crippen LogP contribution in [0.15, 0.2) is 30.3 Å². The highest BCUT2D eigenvalue weighted by atomic mass is 16.5. The molecule has 2 aromatic rings. The fourth-order valence-electron chi connectivity index (χ4n) is 2.29. The molecule has 0 fully saturated rings. The lowest BCUT2D eigenvalue weighted by Crippen LogP contribution is -2.00. The van der Waals surface area contributed by atoms with Crippen molar-refractivity contribution in [3.63, 3.8) is 0 Å². The van der Waals surface area contributed by atoms with Crippen molar-refractivity contribution < 1.29 is 23.7 Å². The first-order valence-electron chi connectivity index (χ1n) is 6.96. The highest BCUT2D eigenvalue weighted by Gasteiger charge is 2.15. The van der Waals surface area contributed by atoms with E-state index in [2.05, 4.69) is 5.32 Å². The van der Waals surface area contributed by atoms with Crippen LogP contribution in [0.1, 0.15) is 0 Å². The molecule has 0 aliphatic rings. The summed E-state index contributed by atoms with van der Waals surface area (Å²) in [5, 5.41) is 3.28. The molecule has 1 N–H and O–H groups in total. The molecule has 0 saturated heterocycles. The van der Waals surface area contributed by atoms with Gasteiger partial charge in [0.1, 0.15) is 0 Å². The predicted octanol–water partition coefficient (Wildman–Crippen LogP) is 3.47. The van der Waals surface area contributed by atoms with E-state index in [1.54, 1.807) is 35.5 Å². The van der Waals surface area contributed by atoms with Crippen LogP contribution < -0.4 is 29.0 Å². The zero-order valence-corrected chi connectivity index (χ0v) is 13.9. The number of hydrogen-bond acceptors (Lipinski definition) is 6. The smallest absolute Gasteiger partial charge is 0.203 e. The van der Waals surface area contributed by atoms with Gasteiger partial charge in [0, 0.05) is 17.8 Å². The molecule has 0 spiro atoms. The Kier molecular flexibility index (Phi) is 5.41. The van der Waals surface area contributed by atoms with E-state index in [1.807, 2.05) is 30.3 Å². The van der Waals surface area contributed by atoms with Gasteiger partial charge in [-0.15, -0.1) is 0 Å². The lowest BCUT2D eigenvalue weighted by Gasteiger charge is -2.17. The van der Waals surface area contributed by atoms with Crippen LogP contribution in [0.2, 0.25) is 0 Å². The molecule has 0 radical (unpaired) electrons. The fourth-order valence-corrected chi connectivity index (χ4v) is 2.29. The first-order valence-corrected chi connectivity index (χ1v) is 6.96. The lowest BCUT2D eigenvalue weighted by molar-refractivity contribution is 0.324. The number of anilines is 2. The quantitative estimate of drug-likeness (QED) is 0.843. The number of methoxy groups -OCH3 is 5. The van der Waals surface area contributed by atoms with Gasteiger partial charge in [0.15, 0.2) is 23.0 Å². The van der Waals surface area contributed by atoms with Crippen LogP contribution in [0.5, 0.6) is 28.7 Å². The topological polar surface area (TPSA) is 58.2 Å². The van der Waals surface area contributed by atoms with Gasteiger partial charge in [-0.05, 0) is 12.1 Å². The molecule has 0 aromatic heterocycles. The maximum absolute atomic E-state index is 5.42. The van der Waals surface area contributed by atoms with E-state index >= 15 is 0 Å². The van der Waals surface area contributed by atoms with E-state index in [-0.39, 0.29) is 0 Å². The summed E-state index contributed by atoms with van der Waals surface area (Å²) in [5.41, 5.74) is 1.53. The highest BCUT2D eigenvalue weighted by molar-refractivity contribution is 5.73. The third kappa shape index (κ3) is 3.36. The van der Waals surface area contributed by atoms with Crippen LogP contribution in [0.25, 0.3) is 0 Å². The van der Waals surface area contributed by atoms with Crippen molar-refractivity contribution >= 4 is 11.4 Å². The number of benzene rings is 2. The van der Waals surface area contributed by atoms with E-state index in [1.165, 1.54) is 0 Å². The summed E-state index contributed by atoms with van der Waals surface area (Å²) in [5.74, 6) is 2.93. The Hall–Kier alpha value is -2.76. The van der Waals surface area contributed by atoms with E-state index in [0.29, 0.717) is 28.7 Å². The normalized spacial score (nSPS) is 9.96. The summed E-state index contributed by atoms with van der Waals surface area (Å²) < 4.78 is 26.8. The molecular formula is C17H21NO5. The fraction of sp³-hybridized carbons (Fsp3) is 0.294. The Morgan fingerprint density at radius 1 is 0.652 bits per heavy atom. The largest absolute Gasteiger partial charge is 0.493 e. The van der Waals surface area contributed by atoms with E-state index in [0.717, 1.165) is 11.4 Å². The van der Waals surface area contributed by atoms with Crippen molar-refractivity contribution in [3.05, 3.63) is 30.3 Å². The Balaban J connectivity index is 2.45. The van der Waals surface area contributed by atoms with Gasteiger partial charge in [-0.3, -0.25) is 0 Å². The van der Waals surface area contributed by atoms with Gasteiger partial charge >= 0.3 is 0 Å². The number of rotatable bonds is 7. The second kappa shape index (κ2) is 7.49. The summed E-state index contributed by atoms with van der Waals surface area (Å²) in [6.07, 6.45) is 0. The summed E-state index contributed by atoms with van der Waals surface area (Å²) in [6.45, 7) is 0. The maximum Gasteiger partial charge on any atom is 0.203 e. The molecule has 0 heterocycles. The molecule has 23 heavy (non-hydrogen) atoms. The molecule has 2 rings (SSSR count). The summed E-state index contributed by atoms with van der Waals surface area (Å²) in [4.78, 5) is 0. The molecule has 0 aliphatic carbocycles. The Labute approximate surface area is 135 Å². The minimum Gasteiger partial charge on any atom is -0.493 e. The second-order valence-electron chi connectivity index (χ2n) is 4.58. The van der Waals surface area contributed by atoms with Crippen LogP contribution in [0, 0.1) is 0 Å². The van der Waals surface area contributed by atoms with Gasteiger partial charge in [-0.2, -0.15) is 0 Å². The molecule has 0 atom stereocenters. The summed E-state index contributed by atoms with van der Waals surface area (Å²) >= 11 is 0. The monoisotopic (exact) mass is 319 g/mol. The molecule has 0 aliphatic heterocycles. The van der Waals surface area contributed by atoms with Crippen molar-refractivity contribution in [3.8, 4) is 28.7 Å². The van der Waals surface area contributed by atoms with Crippen molar-refractivity contribution in [2.45, 2.75) is 0 Å². The van der Waals surface area contributed by atoms with E-state index < -0.39 is 0 Å². The van der Waals surface area contributed by atoms with Crippen LogP contribution in [-0.2, 0) is 0 Å². The highest BCUT2D eigenvalue weighted by Crippen LogP contribution is 2.42. The Bertz CT molecular complexity index is 647. The summed E-state index contributed by atoms with van der Waals surface area (Å²) in [6, 6.07) is 9.24. The zero-order chi connectivity index (χ0) is 16.8. The summed E-state index contributed by atoms with van der Waals surface area (Å²) in [7, 11) is 7.91. The molecule has 6 heteroatoms. The van der Waals surface area contributed by atoms with Crippen molar-refractivity contribution in [2.75, 3.05) is 40.9 Å². The molecular weight excluding hydrogens is 298 g/mol. The SMILES string of the molecule is COc1cccc(Nc2cc(OC)c(OC)c(OC)c2)c1OC. The minimum absolute atomic E-state index is 0.540. The van der Waals surface area contributed by atoms with Crippen molar-refractivity contribution in [1.29, 1.82) is 0 Å².